The van der Waals surface area contributed by atoms with E-state index in [2.05, 4.69) is 11.9 Å². The summed E-state index contributed by atoms with van der Waals surface area (Å²) in [7, 11) is 3.70. The third-order valence-corrected chi connectivity index (χ3v) is 8.86. The molecule has 0 aromatic heterocycles. The zero-order valence-corrected chi connectivity index (χ0v) is 17.7. The molecule has 4 rings (SSSR count). The highest BCUT2D eigenvalue weighted by molar-refractivity contribution is 5.75. The minimum atomic E-state index is -0.313. The lowest BCUT2D eigenvalue weighted by molar-refractivity contribution is -0.149. The van der Waals surface area contributed by atoms with E-state index in [1.165, 1.54) is 12.7 Å². The lowest BCUT2D eigenvalue weighted by Gasteiger charge is -2.59. The summed E-state index contributed by atoms with van der Waals surface area (Å²) in [6.45, 7) is 4.08. The third-order valence-electron chi connectivity index (χ3n) is 8.86. The molecule has 0 radical (unpaired) electrons. The second-order valence-electron chi connectivity index (χ2n) is 9.93. The maximum Gasteiger partial charge on any atom is 0.309 e. The van der Waals surface area contributed by atoms with Crippen molar-refractivity contribution in [3.05, 3.63) is 11.1 Å². The molecule has 5 heteroatoms. The first kappa shape index (κ1) is 20.4. The van der Waals surface area contributed by atoms with Crippen LogP contribution in [-0.4, -0.2) is 61.0 Å². The first-order chi connectivity index (χ1) is 13.4. The fourth-order valence-corrected chi connectivity index (χ4v) is 7.65. The van der Waals surface area contributed by atoms with E-state index in [1.807, 2.05) is 6.92 Å². The highest BCUT2D eigenvalue weighted by atomic mass is 16.5. The van der Waals surface area contributed by atoms with Crippen molar-refractivity contribution in [3.63, 3.8) is 0 Å². The Morgan fingerprint density at radius 2 is 2.11 bits per heavy atom. The van der Waals surface area contributed by atoms with Crippen LogP contribution >= 0.6 is 0 Å². The molecule has 28 heavy (non-hydrogen) atoms. The average molecular weight is 392 g/mol. The second-order valence-corrected chi connectivity index (χ2v) is 9.93. The largest absolute Gasteiger partial charge is 0.469 e. The molecule has 1 heterocycles. The van der Waals surface area contributed by atoms with Crippen LogP contribution in [0.25, 0.3) is 0 Å². The lowest BCUT2D eigenvalue weighted by Crippen LogP contribution is -2.61. The van der Waals surface area contributed by atoms with Crippen molar-refractivity contribution < 1.29 is 19.7 Å². The Morgan fingerprint density at radius 1 is 1.36 bits per heavy atom. The van der Waals surface area contributed by atoms with Gasteiger partial charge >= 0.3 is 5.97 Å². The molecule has 3 aliphatic carbocycles. The molecule has 5 nitrogen and oxygen atoms in total. The predicted octanol–water partition coefficient (Wildman–Crippen LogP) is 2.76. The second kappa shape index (κ2) is 7.41. The quantitative estimate of drug-likeness (QED) is 0.538. The Morgan fingerprint density at radius 3 is 2.79 bits per heavy atom. The molecule has 0 amide bonds. The van der Waals surface area contributed by atoms with Gasteiger partial charge < -0.3 is 19.8 Å². The van der Waals surface area contributed by atoms with E-state index >= 15 is 0 Å². The molecule has 1 saturated carbocycles. The van der Waals surface area contributed by atoms with Crippen molar-refractivity contribution in [2.45, 2.75) is 64.4 Å². The summed E-state index contributed by atoms with van der Waals surface area (Å²) in [6.07, 6.45) is 7.19. The van der Waals surface area contributed by atoms with Crippen LogP contribution in [0, 0.1) is 28.6 Å². The summed E-state index contributed by atoms with van der Waals surface area (Å²) in [6, 6.07) is 0. The Labute approximate surface area is 169 Å². The van der Waals surface area contributed by atoms with Gasteiger partial charge in [-0.25, -0.2) is 0 Å². The number of hydrogen-bond donors (Lipinski definition) is 2. The number of carbonyl (C=O) groups is 1. The monoisotopic (exact) mass is 391 g/mol. The number of likely N-dealkylation sites (tertiary alicyclic amines) is 1. The third kappa shape index (κ3) is 2.73. The SMILES string of the molecule is CCC(O)CC[C@@]1(CO)[C@@H]2CCC3=C4[C@H](CC3)[C@H](C(=O)OC)C[C@@]41CN(C)C2. The van der Waals surface area contributed by atoms with Gasteiger partial charge in [0.2, 0.25) is 0 Å². The summed E-state index contributed by atoms with van der Waals surface area (Å²) in [5, 5.41) is 21.3. The molecule has 4 aliphatic rings. The van der Waals surface area contributed by atoms with Gasteiger partial charge in [0, 0.05) is 30.5 Å². The van der Waals surface area contributed by atoms with E-state index in [4.69, 9.17) is 4.74 Å². The van der Waals surface area contributed by atoms with Crippen LogP contribution in [0.15, 0.2) is 11.1 Å². The van der Waals surface area contributed by atoms with E-state index in [1.54, 1.807) is 5.57 Å². The van der Waals surface area contributed by atoms with E-state index in [9.17, 15) is 15.0 Å². The Kier molecular flexibility index (Phi) is 5.39. The molecule has 1 aliphatic heterocycles. The molecule has 6 atom stereocenters. The Hall–Kier alpha value is -0.910. The number of aliphatic hydroxyl groups is 2. The number of hydrogen-bond acceptors (Lipinski definition) is 5. The number of fused-ring (bicyclic) bond motifs is 1. The number of rotatable bonds is 6. The number of allylic oxidation sites excluding steroid dienone is 1. The zero-order chi connectivity index (χ0) is 20.1. The number of piperidine rings is 1. The fraction of sp³-hybridized carbons (Fsp3) is 0.870. The van der Waals surface area contributed by atoms with Crippen LogP contribution in [-0.2, 0) is 9.53 Å². The maximum absolute atomic E-state index is 12.7. The van der Waals surface area contributed by atoms with Gasteiger partial charge in [-0.2, -0.15) is 0 Å². The van der Waals surface area contributed by atoms with Crippen molar-refractivity contribution in [1.29, 1.82) is 0 Å². The number of ether oxygens (including phenoxy) is 1. The summed E-state index contributed by atoms with van der Waals surface area (Å²) < 4.78 is 5.22. The van der Waals surface area contributed by atoms with Crippen LogP contribution in [0.4, 0.5) is 0 Å². The predicted molar refractivity (Wildman–Crippen MR) is 108 cm³/mol. The van der Waals surface area contributed by atoms with Gasteiger partial charge in [-0.3, -0.25) is 4.79 Å². The highest BCUT2D eigenvalue weighted by Gasteiger charge is 2.67. The number of nitrogens with zero attached hydrogens (tertiary/aromatic N) is 1. The van der Waals surface area contributed by atoms with Crippen LogP contribution < -0.4 is 0 Å². The molecular formula is C23H37NO4. The number of methoxy groups -OCH3 is 1. The zero-order valence-electron chi connectivity index (χ0n) is 17.7. The van der Waals surface area contributed by atoms with Crippen molar-refractivity contribution in [2.24, 2.45) is 28.6 Å². The number of aliphatic hydroxyl groups excluding tert-OH is 2. The highest BCUT2D eigenvalue weighted by Crippen LogP contribution is 2.70. The van der Waals surface area contributed by atoms with E-state index in [0.717, 1.165) is 64.5 Å². The van der Waals surface area contributed by atoms with E-state index in [-0.39, 0.29) is 41.3 Å². The van der Waals surface area contributed by atoms with Gasteiger partial charge in [0.05, 0.1) is 19.1 Å². The smallest absolute Gasteiger partial charge is 0.309 e. The molecule has 0 aromatic rings. The summed E-state index contributed by atoms with van der Waals surface area (Å²) in [5.41, 5.74) is 2.69. The minimum Gasteiger partial charge on any atom is -0.469 e. The molecule has 0 aromatic carbocycles. The van der Waals surface area contributed by atoms with Crippen molar-refractivity contribution in [2.75, 3.05) is 33.9 Å². The normalized spacial score (nSPS) is 41.0. The standard InChI is InChI=1S/C23H37NO4/c1-4-17(26)9-10-22(14-25)16-7-5-15-6-8-18-19(21(27)28-3)11-23(22,20(15)18)13-24(2)12-16/h16-19,25-26H,4-14H2,1-3H3/t16-,17?,18-,19-,22-,23-/m1/s1. The first-order valence-corrected chi connectivity index (χ1v) is 11.2. The average Bonchev–Trinajstić information content (AvgIpc) is 3.23. The Balaban J connectivity index is 1.83. The molecule has 2 N–H and O–H groups in total. The summed E-state index contributed by atoms with van der Waals surface area (Å²) in [5.74, 6) is 0.536. The number of esters is 1. The molecular weight excluding hydrogens is 354 g/mol. The van der Waals surface area contributed by atoms with Gasteiger partial charge in [0.1, 0.15) is 0 Å². The summed E-state index contributed by atoms with van der Waals surface area (Å²) in [4.78, 5) is 15.2. The van der Waals surface area contributed by atoms with Gasteiger partial charge in [0.15, 0.2) is 0 Å². The first-order valence-electron chi connectivity index (χ1n) is 11.2. The molecule has 1 saturated heterocycles. The number of carbonyl (C=O) groups excluding carboxylic acids is 1. The topological polar surface area (TPSA) is 70.0 Å². The molecule has 2 bridgehead atoms. The fourth-order valence-electron chi connectivity index (χ4n) is 7.65. The van der Waals surface area contributed by atoms with Crippen LogP contribution in [0.5, 0.6) is 0 Å². The van der Waals surface area contributed by atoms with E-state index in [0.29, 0.717) is 5.92 Å². The van der Waals surface area contributed by atoms with Gasteiger partial charge in [-0.1, -0.05) is 18.1 Å². The van der Waals surface area contributed by atoms with Crippen molar-refractivity contribution >= 4 is 5.97 Å². The van der Waals surface area contributed by atoms with Crippen molar-refractivity contribution in [1.82, 2.24) is 4.90 Å². The Bertz CT molecular complexity index is 661. The van der Waals surface area contributed by atoms with Crippen molar-refractivity contribution in [3.8, 4) is 0 Å². The molecule has 1 spiro atoms. The molecule has 2 fully saturated rings. The molecule has 158 valence electrons. The van der Waals surface area contributed by atoms with E-state index < -0.39 is 0 Å². The lowest BCUT2D eigenvalue weighted by atomic mass is 9.51. The summed E-state index contributed by atoms with van der Waals surface area (Å²) >= 11 is 0. The minimum absolute atomic E-state index is 0.0774. The molecule has 1 unspecified atom stereocenters. The van der Waals surface area contributed by atoms with Crippen LogP contribution in [0.2, 0.25) is 0 Å². The van der Waals surface area contributed by atoms with Crippen LogP contribution in [0.1, 0.15) is 58.3 Å². The maximum atomic E-state index is 12.7. The van der Waals surface area contributed by atoms with Gasteiger partial charge in [-0.15, -0.1) is 0 Å². The van der Waals surface area contributed by atoms with Gasteiger partial charge in [-0.05, 0) is 70.3 Å². The van der Waals surface area contributed by atoms with Gasteiger partial charge in [0.25, 0.3) is 0 Å². The van der Waals surface area contributed by atoms with Crippen LogP contribution in [0.3, 0.4) is 0 Å².